The minimum Gasteiger partial charge on any atom is -0.379 e. The van der Waals surface area contributed by atoms with E-state index in [0.717, 1.165) is 38.1 Å². The number of morpholine rings is 1. The van der Waals surface area contributed by atoms with Crippen LogP contribution in [-0.4, -0.2) is 38.4 Å². The van der Waals surface area contributed by atoms with E-state index < -0.39 is 0 Å². The van der Waals surface area contributed by atoms with E-state index in [0.29, 0.717) is 12.1 Å². The Morgan fingerprint density at radius 3 is 2.82 bits per heavy atom. The Morgan fingerprint density at radius 2 is 2.18 bits per heavy atom. The van der Waals surface area contributed by atoms with Gasteiger partial charge in [0.1, 0.15) is 0 Å². The molecule has 17 heavy (non-hydrogen) atoms. The van der Waals surface area contributed by atoms with E-state index in [4.69, 9.17) is 4.74 Å². The Bertz CT molecular complexity index is 208. The molecule has 2 rings (SSSR count). The van der Waals surface area contributed by atoms with E-state index in [1.807, 2.05) is 0 Å². The molecule has 1 saturated carbocycles. The lowest BCUT2D eigenvalue weighted by Gasteiger charge is -2.33. The number of halogens is 1. The molecule has 1 aliphatic heterocycles. The van der Waals surface area contributed by atoms with Crippen LogP contribution in [0.25, 0.3) is 0 Å². The van der Waals surface area contributed by atoms with Crippen molar-refractivity contribution < 1.29 is 4.74 Å². The van der Waals surface area contributed by atoms with E-state index in [9.17, 15) is 0 Å². The van der Waals surface area contributed by atoms with Crippen LogP contribution >= 0.6 is 12.4 Å². The second kappa shape index (κ2) is 7.57. The SMILES string of the molecule is CC(C)CNC1CCCC1C1COCCN1.Cl. The van der Waals surface area contributed by atoms with Crippen LogP contribution in [0.5, 0.6) is 0 Å². The van der Waals surface area contributed by atoms with Gasteiger partial charge in [0, 0.05) is 18.6 Å². The van der Waals surface area contributed by atoms with E-state index >= 15 is 0 Å². The highest BCUT2D eigenvalue weighted by atomic mass is 35.5. The molecule has 0 aromatic rings. The van der Waals surface area contributed by atoms with Crippen molar-refractivity contribution in [2.75, 3.05) is 26.3 Å². The van der Waals surface area contributed by atoms with Gasteiger partial charge in [0.15, 0.2) is 0 Å². The van der Waals surface area contributed by atoms with Gasteiger partial charge in [-0.15, -0.1) is 12.4 Å². The van der Waals surface area contributed by atoms with Crippen LogP contribution < -0.4 is 10.6 Å². The zero-order valence-electron chi connectivity index (χ0n) is 11.1. The van der Waals surface area contributed by atoms with Crippen LogP contribution in [-0.2, 0) is 4.74 Å². The standard InChI is InChI=1S/C13H26N2O.ClH/c1-10(2)8-15-12-5-3-4-11(12)13-9-16-7-6-14-13;/h10-15H,3-9H2,1-2H3;1H. The normalized spacial score (nSPS) is 33.7. The van der Waals surface area contributed by atoms with Gasteiger partial charge in [0.05, 0.1) is 13.2 Å². The fourth-order valence-electron chi connectivity index (χ4n) is 2.97. The quantitative estimate of drug-likeness (QED) is 0.811. The summed E-state index contributed by atoms with van der Waals surface area (Å²) in [7, 11) is 0. The average molecular weight is 263 g/mol. The van der Waals surface area contributed by atoms with Crippen molar-refractivity contribution in [1.29, 1.82) is 0 Å². The maximum absolute atomic E-state index is 5.58. The average Bonchev–Trinajstić information content (AvgIpc) is 2.75. The fourth-order valence-corrected chi connectivity index (χ4v) is 2.97. The third-order valence-electron chi connectivity index (χ3n) is 3.82. The Kier molecular flexibility index (Phi) is 6.78. The summed E-state index contributed by atoms with van der Waals surface area (Å²) in [6.45, 7) is 8.52. The van der Waals surface area contributed by atoms with Crippen LogP contribution in [0.2, 0.25) is 0 Å². The van der Waals surface area contributed by atoms with Gasteiger partial charge in [-0.1, -0.05) is 20.3 Å². The fraction of sp³-hybridized carbons (Fsp3) is 1.00. The van der Waals surface area contributed by atoms with E-state index in [-0.39, 0.29) is 12.4 Å². The summed E-state index contributed by atoms with van der Waals surface area (Å²) >= 11 is 0. The number of hydrogen-bond donors (Lipinski definition) is 2. The second-order valence-electron chi connectivity index (χ2n) is 5.64. The summed E-state index contributed by atoms with van der Waals surface area (Å²) in [6, 6.07) is 1.29. The molecule has 3 atom stereocenters. The molecule has 0 amide bonds. The number of rotatable bonds is 4. The zero-order chi connectivity index (χ0) is 11.4. The molecule has 1 saturated heterocycles. The van der Waals surface area contributed by atoms with Crippen LogP contribution in [0, 0.1) is 11.8 Å². The van der Waals surface area contributed by atoms with Crippen molar-refractivity contribution in [3.05, 3.63) is 0 Å². The molecule has 0 bridgehead atoms. The third-order valence-corrected chi connectivity index (χ3v) is 3.82. The van der Waals surface area contributed by atoms with Gasteiger partial charge in [-0.2, -0.15) is 0 Å². The molecule has 4 heteroatoms. The summed E-state index contributed by atoms with van der Waals surface area (Å²) in [5.74, 6) is 1.52. The zero-order valence-corrected chi connectivity index (χ0v) is 11.9. The van der Waals surface area contributed by atoms with Crippen molar-refractivity contribution >= 4 is 12.4 Å². The largest absolute Gasteiger partial charge is 0.379 e. The number of ether oxygens (including phenoxy) is 1. The van der Waals surface area contributed by atoms with E-state index in [2.05, 4.69) is 24.5 Å². The number of hydrogen-bond acceptors (Lipinski definition) is 3. The maximum Gasteiger partial charge on any atom is 0.0623 e. The smallest absolute Gasteiger partial charge is 0.0623 e. The Labute approximate surface area is 111 Å². The summed E-state index contributed by atoms with van der Waals surface area (Å²) in [5.41, 5.74) is 0. The highest BCUT2D eigenvalue weighted by Gasteiger charge is 2.34. The first-order valence-corrected chi connectivity index (χ1v) is 6.82. The lowest BCUT2D eigenvalue weighted by Crippen LogP contribution is -2.51. The first kappa shape index (κ1) is 15.2. The summed E-state index contributed by atoms with van der Waals surface area (Å²) < 4.78 is 5.58. The molecule has 3 nitrogen and oxygen atoms in total. The van der Waals surface area contributed by atoms with Gasteiger partial charge < -0.3 is 15.4 Å². The van der Waals surface area contributed by atoms with Crippen molar-refractivity contribution in [2.45, 2.75) is 45.2 Å². The minimum atomic E-state index is 0. The van der Waals surface area contributed by atoms with Gasteiger partial charge >= 0.3 is 0 Å². The molecule has 1 heterocycles. The van der Waals surface area contributed by atoms with Crippen LogP contribution in [0.3, 0.4) is 0 Å². The second-order valence-corrected chi connectivity index (χ2v) is 5.64. The van der Waals surface area contributed by atoms with Crippen molar-refractivity contribution in [2.24, 2.45) is 11.8 Å². The highest BCUT2D eigenvalue weighted by Crippen LogP contribution is 2.29. The molecule has 0 spiro atoms. The van der Waals surface area contributed by atoms with Gasteiger partial charge in [0.2, 0.25) is 0 Å². The monoisotopic (exact) mass is 262 g/mol. The first-order chi connectivity index (χ1) is 7.77. The molecule has 0 aromatic heterocycles. The lowest BCUT2D eigenvalue weighted by molar-refractivity contribution is 0.0523. The molecule has 0 aromatic carbocycles. The summed E-state index contributed by atoms with van der Waals surface area (Å²) in [5, 5.41) is 7.35. The molecule has 3 unspecified atom stereocenters. The van der Waals surface area contributed by atoms with E-state index in [1.54, 1.807) is 0 Å². The maximum atomic E-state index is 5.58. The van der Waals surface area contributed by atoms with Crippen molar-refractivity contribution in [1.82, 2.24) is 10.6 Å². The molecule has 1 aliphatic carbocycles. The van der Waals surface area contributed by atoms with Gasteiger partial charge in [-0.25, -0.2) is 0 Å². The van der Waals surface area contributed by atoms with Crippen LogP contribution in [0.4, 0.5) is 0 Å². The predicted molar refractivity (Wildman–Crippen MR) is 73.8 cm³/mol. The Balaban J connectivity index is 0.00000144. The Hall–Kier alpha value is 0.170. The van der Waals surface area contributed by atoms with Crippen molar-refractivity contribution in [3.8, 4) is 0 Å². The predicted octanol–water partition coefficient (Wildman–Crippen LogP) is 1.81. The third kappa shape index (κ3) is 4.40. The molecule has 2 aliphatic rings. The minimum absolute atomic E-state index is 0. The van der Waals surface area contributed by atoms with Crippen LogP contribution in [0.1, 0.15) is 33.1 Å². The van der Waals surface area contributed by atoms with Crippen molar-refractivity contribution in [3.63, 3.8) is 0 Å². The van der Waals surface area contributed by atoms with Crippen LogP contribution in [0.15, 0.2) is 0 Å². The summed E-state index contributed by atoms with van der Waals surface area (Å²) in [6.07, 6.45) is 4.07. The van der Waals surface area contributed by atoms with Gasteiger partial charge in [-0.05, 0) is 31.2 Å². The first-order valence-electron chi connectivity index (χ1n) is 6.82. The highest BCUT2D eigenvalue weighted by molar-refractivity contribution is 5.85. The van der Waals surface area contributed by atoms with Gasteiger partial charge in [0.25, 0.3) is 0 Å². The van der Waals surface area contributed by atoms with Gasteiger partial charge in [-0.3, -0.25) is 0 Å². The molecule has 102 valence electrons. The van der Waals surface area contributed by atoms with E-state index in [1.165, 1.54) is 19.3 Å². The molecular formula is C13H27ClN2O. The molecule has 2 fully saturated rings. The molecule has 0 radical (unpaired) electrons. The summed E-state index contributed by atoms with van der Waals surface area (Å²) in [4.78, 5) is 0. The Morgan fingerprint density at radius 1 is 1.35 bits per heavy atom. The lowest BCUT2D eigenvalue weighted by atomic mass is 9.93. The molecule has 2 N–H and O–H groups in total. The topological polar surface area (TPSA) is 33.3 Å². The molecular weight excluding hydrogens is 236 g/mol. The number of nitrogens with one attached hydrogen (secondary N) is 2.